The summed E-state index contributed by atoms with van der Waals surface area (Å²) in [6.45, 7) is 3.73. The van der Waals surface area contributed by atoms with Gasteiger partial charge in [-0.3, -0.25) is 0 Å². The highest BCUT2D eigenvalue weighted by Gasteiger charge is 2.17. The Bertz CT molecular complexity index is 295. The van der Waals surface area contributed by atoms with Gasteiger partial charge in [-0.15, -0.1) is 0 Å². The maximum absolute atomic E-state index is 11.1. The Kier molecular flexibility index (Phi) is 2.86. The predicted octanol–water partition coefficient (Wildman–Crippen LogP) is 1.92. The summed E-state index contributed by atoms with van der Waals surface area (Å²) in [5, 5.41) is 0. The van der Waals surface area contributed by atoms with Crippen LogP contribution in [0, 0.1) is 6.92 Å². The van der Waals surface area contributed by atoms with Gasteiger partial charge in [0.2, 0.25) is 10.4 Å². The van der Waals surface area contributed by atoms with E-state index >= 15 is 0 Å². The van der Waals surface area contributed by atoms with Crippen molar-refractivity contribution >= 4 is 21.9 Å². The second kappa shape index (κ2) is 3.71. The molecule has 4 nitrogen and oxygen atoms in total. The molecule has 0 aromatic carbocycles. The van der Waals surface area contributed by atoms with Gasteiger partial charge in [0.25, 0.3) is 0 Å². The van der Waals surface area contributed by atoms with Crippen LogP contribution in [-0.2, 0) is 4.74 Å². The zero-order valence-electron chi connectivity index (χ0n) is 6.76. The van der Waals surface area contributed by atoms with E-state index in [1.807, 2.05) is 0 Å². The number of carbonyl (C=O) groups is 1. The molecular weight excluding hydrogens is 226 g/mol. The number of hydrogen-bond acceptors (Lipinski definition) is 4. The zero-order valence-corrected chi connectivity index (χ0v) is 8.34. The maximum Gasteiger partial charge on any atom is 0.361 e. The normalized spacial score (nSPS) is 9.92. The highest BCUT2D eigenvalue weighted by molar-refractivity contribution is 9.10. The van der Waals surface area contributed by atoms with Crippen LogP contribution >= 0.6 is 15.9 Å². The zero-order chi connectivity index (χ0) is 9.14. The molecule has 0 saturated carbocycles. The minimum absolute atomic E-state index is 0.189. The molecule has 0 bridgehead atoms. The van der Waals surface area contributed by atoms with Crippen LogP contribution in [0.1, 0.15) is 23.3 Å². The summed E-state index contributed by atoms with van der Waals surface area (Å²) in [5.41, 5.74) is 0.189. The first-order valence-electron chi connectivity index (χ1n) is 3.45. The molecule has 0 radical (unpaired) electrons. The number of nitrogens with zero attached hydrogens (tertiary/aromatic N) is 1. The Morgan fingerprint density at radius 3 is 2.83 bits per heavy atom. The minimum Gasteiger partial charge on any atom is -0.461 e. The van der Waals surface area contributed by atoms with Gasteiger partial charge in [0.05, 0.1) is 6.61 Å². The molecule has 1 heterocycles. The van der Waals surface area contributed by atoms with Gasteiger partial charge in [-0.2, -0.15) is 0 Å². The van der Waals surface area contributed by atoms with Crippen LogP contribution in [0.25, 0.3) is 0 Å². The SMILES string of the molecule is CCOC(=O)c1nc(C)oc1Br. The van der Waals surface area contributed by atoms with Crippen LogP contribution in [0.3, 0.4) is 0 Å². The molecule has 0 fully saturated rings. The third-order valence-corrected chi connectivity index (χ3v) is 1.70. The van der Waals surface area contributed by atoms with E-state index in [9.17, 15) is 4.79 Å². The standard InChI is InChI=1S/C7H8BrNO3/c1-3-11-7(10)5-6(8)12-4(2)9-5/h3H2,1-2H3. The molecule has 0 spiro atoms. The third kappa shape index (κ3) is 1.85. The molecule has 0 unspecified atom stereocenters. The summed E-state index contributed by atoms with van der Waals surface area (Å²) in [5.74, 6) is -0.0360. The van der Waals surface area contributed by atoms with Gasteiger partial charge >= 0.3 is 5.97 Å². The van der Waals surface area contributed by atoms with Crippen molar-refractivity contribution in [2.24, 2.45) is 0 Å². The van der Waals surface area contributed by atoms with Crippen molar-refractivity contribution in [2.75, 3.05) is 6.61 Å². The Morgan fingerprint density at radius 1 is 1.75 bits per heavy atom. The molecule has 5 heteroatoms. The van der Waals surface area contributed by atoms with Crippen molar-refractivity contribution in [3.8, 4) is 0 Å². The Labute approximate surface area is 78.0 Å². The van der Waals surface area contributed by atoms with E-state index in [4.69, 9.17) is 9.15 Å². The number of hydrogen-bond donors (Lipinski definition) is 0. The van der Waals surface area contributed by atoms with E-state index < -0.39 is 5.97 Å². The van der Waals surface area contributed by atoms with Crippen molar-refractivity contribution in [2.45, 2.75) is 13.8 Å². The molecule has 0 atom stereocenters. The predicted molar refractivity (Wildman–Crippen MR) is 44.9 cm³/mol. The molecule has 0 aliphatic heterocycles. The van der Waals surface area contributed by atoms with Gasteiger partial charge in [0.1, 0.15) is 0 Å². The Balaban J connectivity index is 2.87. The van der Waals surface area contributed by atoms with Crippen molar-refractivity contribution < 1.29 is 13.9 Å². The fourth-order valence-electron chi connectivity index (χ4n) is 0.728. The van der Waals surface area contributed by atoms with Crippen LogP contribution in [0.15, 0.2) is 9.09 Å². The summed E-state index contributed by atoms with van der Waals surface area (Å²) in [4.78, 5) is 14.9. The maximum atomic E-state index is 11.1. The van der Waals surface area contributed by atoms with Crippen LogP contribution in [0.2, 0.25) is 0 Å². The number of rotatable bonds is 2. The first-order valence-corrected chi connectivity index (χ1v) is 4.24. The monoisotopic (exact) mass is 233 g/mol. The number of oxazole rings is 1. The molecule has 0 N–H and O–H groups in total. The lowest BCUT2D eigenvalue weighted by Gasteiger charge is -1.95. The number of aromatic nitrogens is 1. The van der Waals surface area contributed by atoms with Crippen molar-refractivity contribution in [3.63, 3.8) is 0 Å². The molecule has 1 aromatic heterocycles. The quantitative estimate of drug-likeness (QED) is 0.733. The van der Waals surface area contributed by atoms with E-state index in [1.165, 1.54) is 0 Å². The first kappa shape index (κ1) is 9.25. The molecular formula is C7H8BrNO3. The Hall–Kier alpha value is -0.840. The lowest BCUT2D eigenvalue weighted by atomic mass is 10.5. The number of ether oxygens (including phenoxy) is 1. The lowest BCUT2D eigenvalue weighted by molar-refractivity contribution is 0.0518. The van der Waals surface area contributed by atoms with E-state index in [1.54, 1.807) is 13.8 Å². The van der Waals surface area contributed by atoms with E-state index in [-0.39, 0.29) is 5.69 Å². The fourth-order valence-corrected chi connectivity index (χ4v) is 1.21. The van der Waals surface area contributed by atoms with Gasteiger partial charge in [0.15, 0.2) is 5.89 Å². The molecule has 1 aromatic rings. The van der Waals surface area contributed by atoms with Crippen LogP contribution in [0.4, 0.5) is 0 Å². The van der Waals surface area contributed by atoms with Gasteiger partial charge in [-0.05, 0) is 22.9 Å². The summed E-state index contributed by atoms with van der Waals surface area (Å²) in [7, 11) is 0. The second-order valence-corrected chi connectivity index (χ2v) is 2.80. The molecule has 0 aliphatic carbocycles. The number of carbonyl (C=O) groups excluding carboxylic acids is 1. The van der Waals surface area contributed by atoms with Crippen LogP contribution in [-0.4, -0.2) is 17.6 Å². The third-order valence-electron chi connectivity index (χ3n) is 1.16. The molecule has 12 heavy (non-hydrogen) atoms. The first-order chi connectivity index (χ1) is 5.65. The topological polar surface area (TPSA) is 52.3 Å². The lowest BCUT2D eigenvalue weighted by Crippen LogP contribution is -2.05. The molecule has 1 rings (SSSR count). The fraction of sp³-hybridized carbons (Fsp3) is 0.429. The van der Waals surface area contributed by atoms with Crippen molar-refractivity contribution in [1.82, 2.24) is 4.98 Å². The van der Waals surface area contributed by atoms with Gasteiger partial charge < -0.3 is 9.15 Å². The smallest absolute Gasteiger partial charge is 0.361 e. The van der Waals surface area contributed by atoms with Gasteiger partial charge in [-0.25, -0.2) is 9.78 Å². The highest BCUT2D eigenvalue weighted by atomic mass is 79.9. The van der Waals surface area contributed by atoms with Crippen molar-refractivity contribution in [3.05, 3.63) is 16.3 Å². The van der Waals surface area contributed by atoms with Crippen LogP contribution < -0.4 is 0 Å². The summed E-state index contributed by atoms with van der Waals surface area (Å²) < 4.78 is 10.0. The largest absolute Gasteiger partial charge is 0.461 e. The molecule has 0 amide bonds. The summed E-state index contributed by atoms with van der Waals surface area (Å²) in [6, 6.07) is 0. The second-order valence-electron chi connectivity index (χ2n) is 2.08. The number of aryl methyl sites for hydroxylation is 1. The van der Waals surface area contributed by atoms with E-state index in [0.717, 1.165) is 0 Å². The summed E-state index contributed by atoms with van der Waals surface area (Å²) >= 11 is 3.06. The minimum atomic E-state index is -0.471. The Morgan fingerprint density at radius 2 is 2.42 bits per heavy atom. The average molecular weight is 234 g/mol. The van der Waals surface area contributed by atoms with Gasteiger partial charge in [0, 0.05) is 6.92 Å². The van der Waals surface area contributed by atoms with Crippen molar-refractivity contribution in [1.29, 1.82) is 0 Å². The van der Waals surface area contributed by atoms with E-state index in [2.05, 4.69) is 20.9 Å². The summed E-state index contributed by atoms with van der Waals surface area (Å²) in [6.07, 6.45) is 0. The van der Waals surface area contributed by atoms with Crippen LogP contribution in [0.5, 0.6) is 0 Å². The highest BCUT2D eigenvalue weighted by Crippen LogP contribution is 2.18. The van der Waals surface area contributed by atoms with E-state index in [0.29, 0.717) is 17.2 Å². The number of halogens is 1. The average Bonchev–Trinajstić information content (AvgIpc) is 2.30. The molecule has 0 saturated heterocycles. The molecule has 0 aliphatic rings. The van der Waals surface area contributed by atoms with Gasteiger partial charge in [-0.1, -0.05) is 0 Å². The molecule has 66 valence electrons. The number of esters is 1.